The van der Waals surface area contributed by atoms with Gasteiger partial charge >= 0.3 is 5.97 Å². The Hall–Kier alpha value is -3.49. The molecule has 32 heavy (non-hydrogen) atoms. The van der Waals surface area contributed by atoms with Crippen molar-refractivity contribution in [2.24, 2.45) is 5.73 Å². The second-order valence-corrected chi connectivity index (χ2v) is 8.05. The summed E-state index contributed by atoms with van der Waals surface area (Å²) in [6.45, 7) is 3.45. The number of amides is 2. The first-order valence-corrected chi connectivity index (χ1v) is 11.0. The van der Waals surface area contributed by atoms with Gasteiger partial charge in [-0.25, -0.2) is 4.79 Å². The van der Waals surface area contributed by atoms with Crippen molar-refractivity contribution in [1.29, 1.82) is 0 Å². The predicted octanol–water partition coefficient (Wildman–Crippen LogP) is 3.65. The lowest BCUT2D eigenvalue weighted by Crippen LogP contribution is -2.32. The molecule has 0 atom stereocenters. The summed E-state index contributed by atoms with van der Waals surface area (Å²) in [5.41, 5.74) is 8.01. The van der Waals surface area contributed by atoms with Crippen molar-refractivity contribution in [3.05, 3.63) is 87.8 Å². The summed E-state index contributed by atoms with van der Waals surface area (Å²) < 4.78 is 5.09. The Balaban J connectivity index is 1.79. The van der Waals surface area contributed by atoms with E-state index in [0.29, 0.717) is 5.56 Å². The number of carbonyl (C=O) groups is 3. The van der Waals surface area contributed by atoms with E-state index in [2.05, 4.69) is 10.6 Å². The average Bonchev–Trinajstić information content (AvgIpc) is 3.11. The molecule has 2 aromatic carbocycles. The molecule has 3 rings (SSSR count). The maximum absolute atomic E-state index is 12.8. The average molecular weight is 452 g/mol. The summed E-state index contributed by atoms with van der Waals surface area (Å²) in [6, 6.07) is 19.4. The van der Waals surface area contributed by atoms with Crippen LogP contribution in [-0.4, -0.2) is 30.9 Å². The minimum Gasteiger partial charge on any atom is -0.462 e. The molecule has 2 amide bonds. The Morgan fingerprint density at radius 1 is 1.00 bits per heavy atom. The number of nitrogens with one attached hydrogen (secondary N) is 2. The summed E-state index contributed by atoms with van der Waals surface area (Å²) in [5, 5.41) is 6.26. The minimum atomic E-state index is -0.662. The molecule has 7 nitrogen and oxygen atoms in total. The highest BCUT2D eigenvalue weighted by atomic mass is 32.1. The highest BCUT2D eigenvalue weighted by Crippen LogP contribution is 2.33. The van der Waals surface area contributed by atoms with Gasteiger partial charge in [0.05, 0.1) is 29.6 Å². The third kappa shape index (κ3) is 5.40. The maximum Gasteiger partial charge on any atom is 0.341 e. The van der Waals surface area contributed by atoms with Crippen LogP contribution in [-0.2, 0) is 9.53 Å². The zero-order chi connectivity index (χ0) is 23.1. The number of anilines is 1. The van der Waals surface area contributed by atoms with Crippen molar-refractivity contribution in [2.75, 3.05) is 18.5 Å². The van der Waals surface area contributed by atoms with Gasteiger partial charge in [0, 0.05) is 0 Å². The summed E-state index contributed by atoms with van der Waals surface area (Å²) in [5.74, 6) is -1.63. The van der Waals surface area contributed by atoms with Crippen molar-refractivity contribution in [3.8, 4) is 0 Å². The normalized spacial score (nSPS) is 10.7. The van der Waals surface area contributed by atoms with Crippen molar-refractivity contribution >= 4 is 34.1 Å². The molecule has 0 radical (unpaired) electrons. The van der Waals surface area contributed by atoms with E-state index in [0.717, 1.165) is 22.5 Å². The van der Waals surface area contributed by atoms with Crippen molar-refractivity contribution < 1.29 is 19.1 Å². The summed E-state index contributed by atoms with van der Waals surface area (Å²) >= 11 is 0.969. The minimum absolute atomic E-state index is 0.0143. The van der Waals surface area contributed by atoms with E-state index in [4.69, 9.17) is 10.5 Å². The summed E-state index contributed by atoms with van der Waals surface area (Å²) in [7, 11) is 0. The number of ether oxygens (including phenoxy) is 1. The third-order valence-electron chi connectivity index (χ3n) is 4.84. The van der Waals surface area contributed by atoms with E-state index >= 15 is 0 Å². The van der Waals surface area contributed by atoms with Gasteiger partial charge in [0.2, 0.25) is 5.91 Å². The molecule has 4 N–H and O–H groups in total. The highest BCUT2D eigenvalue weighted by molar-refractivity contribution is 7.18. The van der Waals surface area contributed by atoms with Gasteiger partial charge in [0.1, 0.15) is 5.00 Å². The van der Waals surface area contributed by atoms with E-state index in [1.54, 1.807) is 13.8 Å². The lowest BCUT2D eigenvalue weighted by molar-refractivity contribution is -0.115. The Bertz CT molecular complexity index is 1060. The Kier molecular flexibility index (Phi) is 7.75. The molecule has 0 fully saturated rings. The zero-order valence-electron chi connectivity index (χ0n) is 17.9. The molecule has 8 heteroatoms. The van der Waals surface area contributed by atoms with E-state index in [1.165, 1.54) is 0 Å². The molecule has 0 saturated carbocycles. The number of esters is 1. The van der Waals surface area contributed by atoms with Crippen LogP contribution < -0.4 is 16.4 Å². The molecular weight excluding hydrogens is 426 g/mol. The molecule has 3 aromatic rings. The van der Waals surface area contributed by atoms with Crippen LogP contribution in [0.15, 0.2) is 60.7 Å². The number of rotatable bonds is 9. The van der Waals surface area contributed by atoms with E-state index < -0.39 is 11.9 Å². The van der Waals surface area contributed by atoms with Crippen LogP contribution in [0.25, 0.3) is 0 Å². The molecule has 0 aliphatic heterocycles. The number of hydrogen-bond acceptors (Lipinski definition) is 6. The highest BCUT2D eigenvalue weighted by Gasteiger charge is 2.26. The fourth-order valence-corrected chi connectivity index (χ4v) is 4.43. The van der Waals surface area contributed by atoms with Crippen LogP contribution in [0.5, 0.6) is 0 Å². The van der Waals surface area contributed by atoms with E-state index in [-0.39, 0.29) is 40.5 Å². The fraction of sp³-hybridized carbons (Fsp3) is 0.208. The third-order valence-corrected chi connectivity index (χ3v) is 6.06. The first kappa shape index (κ1) is 23.2. The molecule has 0 spiro atoms. The molecule has 166 valence electrons. The lowest BCUT2D eigenvalue weighted by atomic mass is 9.99. The zero-order valence-corrected chi connectivity index (χ0v) is 18.7. The number of hydrogen-bond donors (Lipinski definition) is 3. The number of primary amides is 1. The smallest absolute Gasteiger partial charge is 0.341 e. The van der Waals surface area contributed by atoms with Crippen LogP contribution in [0.2, 0.25) is 0 Å². The first-order chi connectivity index (χ1) is 15.4. The quantitative estimate of drug-likeness (QED) is 0.430. The number of thiophene rings is 1. The van der Waals surface area contributed by atoms with Gasteiger partial charge in [-0.15, -0.1) is 11.3 Å². The van der Waals surface area contributed by atoms with Crippen molar-refractivity contribution in [2.45, 2.75) is 19.9 Å². The fourth-order valence-electron chi connectivity index (χ4n) is 3.37. The second-order valence-electron chi connectivity index (χ2n) is 7.03. The largest absolute Gasteiger partial charge is 0.462 e. The topological polar surface area (TPSA) is 111 Å². The van der Waals surface area contributed by atoms with Crippen LogP contribution in [0, 0.1) is 6.92 Å². The van der Waals surface area contributed by atoms with E-state index in [1.807, 2.05) is 60.7 Å². The van der Waals surface area contributed by atoms with Crippen LogP contribution in [0.1, 0.15) is 49.7 Å². The van der Waals surface area contributed by atoms with Gasteiger partial charge in [-0.2, -0.15) is 0 Å². The number of nitrogens with two attached hydrogens (primary N) is 1. The monoisotopic (exact) mass is 451 g/mol. The van der Waals surface area contributed by atoms with Crippen molar-refractivity contribution in [1.82, 2.24) is 5.32 Å². The molecular formula is C24H25N3O4S. The number of carbonyl (C=O) groups excluding carboxylic acids is 3. The van der Waals surface area contributed by atoms with Gasteiger partial charge in [0.25, 0.3) is 5.91 Å². The molecule has 0 bridgehead atoms. The van der Waals surface area contributed by atoms with Crippen LogP contribution in [0.4, 0.5) is 5.00 Å². The standard InChI is InChI=1S/C24H25N3O4S/c1-3-31-24(30)19-15(2)21(22(25)29)32-23(19)27-18(28)14-26-20(16-10-6-4-7-11-16)17-12-8-5-9-13-17/h4-13,20,26H,3,14H2,1-2H3,(H2,25,29)(H,27,28). The van der Waals surface area contributed by atoms with Crippen molar-refractivity contribution in [3.63, 3.8) is 0 Å². The molecule has 0 unspecified atom stereocenters. The SMILES string of the molecule is CCOC(=O)c1c(NC(=O)CNC(c2ccccc2)c2ccccc2)sc(C(N)=O)c1C. The maximum atomic E-state index is 12.8. The summed E-state index contributed by atoms with van der Waals surface area (Å²) in [6.07, 6.45) is 0. The number of benzene rings is 2. The predicted molar refractivity (Wildman–Crippen MR) is 125 cm³/mol. The van der Waals surface area contributed by atoms with Gasteiger partial charge in [-0.1, -0.05) is 60.7 Å². The van der Waals surface area contributed by atoms with Gasteiger partial charge in [0.15, 0.2) is 0 Å². The van der Waals surface area contributed by atoms with E-state index in [9.17, 15) is 14.4 Å². The van der Waals surface area contributed by atoms with Crippen LogP contribution in [0.3, 0.4) is 0 Å². The molecule has 1 aromatic heterocycles. The second kappa shape index (κ2) is 10.7. The summed E-state index contributed by atoms with van der Waals surface area (Å²) in [4.78, 5) is 37.1. The Morgan fingerprint density at radius 3 is 2.06 bits per heavy atom. The molecule has 0 saturated heterocycles. The molecule has 1 heterocycles. The molecule has 0 aliphatic carbocycles. The van der Waals surface area contributed by atoms with Crippen LogP contribution >= 0.6 is 11.3 Å². The first-order valence-electron chi connectivity index (χ1n) is 10.2. The molecule has 0 aliphatic rings. The van der Waals surface area contributed by atoms with Gasteiger partial charge in [-0.05, 0) is 30.5 Å². The Morgan fingerprint density at radius 2 is 1.56 bits per heavy atom. The lowest BCUT2D eigenvalue weighted by Gasteiger charge is -2.19. The Labute approximate surface area is 190 Å². The van der Waals surface area contributed by atoms with Gasteiger partial charge < -0.3 is 15.8 Å². The van der Waals surface area contributed by atoms with Gasteiger partial charge in [-0.3, -0.25) is 14.9 Å².